The number of hydrogen-bond donors (Lipinski definition) is 1. The van der Waals surface area contributed by atoms with Crippen LogP contribution in [0.5, 0.6) is 0 Å². The summed E-state index contributed by atoms with van der Waals surface area (Å²) in [6, 6.07) is 8.31. The van der Waals surface area contributed by atoms with E-state index in [0.29, 0.717) is 5.91 Å². The van der Waals surface area contributed by atoms with Crippen molar-refractivity contribution < 1.29 is 4.79 Å². The van der Waals surface area contributed by atoms with Gasteiger partial charge >= 0.3 is 0 Å². The van der Waals surface area contributed by atoms with Crippen LogP contribution in [-0.4, -0.2) is 17.4 Å². The minimum atomic E-state index is -0.00931. The molecule has 4 heteroatoms. The average Bonchev–Trinajstić information content (AvgIpc) is 3.00. The molecule has 1 amide bonds. The van der Waals surface area contributed by atoms with Crippen LogP contribution in [0.3, 0.4) is 0 Å². The van der Waals surface area contributed by atoms with E-state index in [2.05, 4.69) is 28.5 Å². The summed E-state index contributed by atoms with van der Waals surface area (Å²) in [7, 11) is 0. The number of rotatable bonds is 5. The van der Waals surface area contributed by atoms with E-state index in [-0.39, 0.29) is 5.41 Å². The highest BCUT2D eigenvalue weighted by molar-refractivity contribution is 7.18. The number of thiazole rings is 1. The van der Waals surface area contributed by atoms with Crippen LogP contribution in [0.1, 0.15) is 50.0 Å². The smallest absolute Gasteiger partial charge is 0.226 e. The monoisotopic (exact) mass is 354 g/mol. The molecule has 4 fully saturated rings. The molecule has 0 radical (unpaired) electrons. The van der Waals surface area contributed by atoms with Crippen LogP contribution in [0.2, 0.25) is 0 Å². The summed E-state index contributed by atoms with van der Waals surface area (Å²) in [6.45, 7) is 0.788. The Morgan fingerprint density at radius 3 is 2.48 bits per heavy atom. The van der Waals surface area contributed by atoms with Gasteiger partial charge in [0.1, 0.15) is 0 Å². The van der Waals surface area contributed by atoms with Gasteiger partial charge in [-0.3, -0.25) is 4.79 Å². The van der Waals surface area contributed by atoms with Gasteiger partial charge in [0.05, 0.1) is 15.2 Å². The fraction of sp³-hybridized carbons (Fsp3) is 0.619. The van der Waals surface area contributed by atoms with Gasteiger partial charge in [0.2, 0.25) is 5.91 Å². The second kappa shape index (κ2) is 6.08. The van der Waals surface area contributed by atoms with Gasteiger partial charge in [0, 0.05) is 18.4 Å². The van der Waals surface area contributed by atoms with Gasteiger partial charge in [-0.1, -0.05) is 12.1 Å². The molecule has 0 aliphatic heterocycles. The minimum Gasteiger partial charge on any atom is -0.356 e. The zero-order chi connectivity index (χ0) is 16.9. The molecule has 4 saturated carbocycles. The Hall–Kier alpha value is -1.42. The maximum Gasteiger partial charge on any atom is 0.226 e. The van der Waals surface area contributed by atoms with Crippen molar-refractivity contribution in [3.63, 3.8) is 0 Å². The molecule has 1 N–H and O–H groups in total. The first kappa shape index (κ1) is 15.8. The number of fused-ring (bicyclic) bond motifs is 1. The molecule has 6 rings (SSSR count). The Kier molecular flexibility index (Phi) is 3.85. The molecule has 0 spiro atoms. The summed E-state index contributed by atoms with van der Waals surface area (Å²) in [5.74, 6) is 2.86. The molecule has 1 heterocycles. The Balaban J connectivity index is 1.16. The van der Waals surface area contributed by atoms with Gasteiger partial charge in [-0.05, 0) is 74.8 Å². The van der Waals surface area contributed by atoms with Crippen LogP contribution in [0.4, 0.5) is 0 Å². The number of aryl methyl sites for hydroxylation is 1. The SMILES string of the molecule is O=C(NCCCc1nc2ccccc2s1)C12CC3CC(CC(C3)C1)C2. The Morgan fingerprint density at radius 2 is 1.80 bits per heavy atom. The number of amides is 1. The van der Waals surface area contributed by atoms with Crippen LogP contribution in [-0.2, 0) is 11.2 Å². The standard InChI is InChI=1S/C21H26N2OS/c24-20(21-11-14-8-15(12-21)10-16(9-14)13-21)22-7-3-6-19-23-17-4-1-2-5-18(17)25-19/h1-2,4-5,14-16H,3,6-13H2,(H,22,24). The van der Waals surface area contributed by atoms with Crippen LogP contribution < -0.4 is 5.32 Å². The Morgan fingerprint density at radius 1 is 1.12 bits per heavy atom. The largest absolute Gasteiger partial charge is 0.356 e. The molecule has 1 aromatic heterocycles. The summed E-state index contributed by atoms with van der Waals surface area (Å²) in [4.78, 5) is 17.6. The van der Waals surface area contributed by atoms with Crippen molar-refractivity contribution in [2.75, 3.05) is 6.54 Å². The van der Waals surface area contributed by atoms with Gasteiger partial charge in [0.25, 0.3) is 0 Å². The number of benzene rings is 1. The van der Waals surface area contributed by atoms with Crippen molar-refractivity contribution in [2.45, 2.75) is 51.4 Å². The van der Waals surface area contributed by atoms with Gasteiger partial charge in [-0.15, -0.1) is 11.3 Å². The van der Waals surface area contributed by atoms with E-state index < -0.39 is 0 Å². The zero-order valence-corrected chi connectivity index (χ0v) is 15.5. The highest BCUT2D eigenvalue weighted by Crippen LogP contribution is 2.60. The normalized spacial score (nSPS) is 33.0. The van der Waals surface area contributed by atoms with Crippen LogP contribution in [0.25, 0.3) is 10.2 Å². The van der Waals surface area contributed by atoms with Crippen LogP contribution in [0, 0.1) is 23.2 Å². The molecule has 25 heavy (non-hydrogen) atoms. The molecule has 3 nitrogen and oxygen atoms in total. The lowest BCUT2D eigenvalue weighted by molar-refractivity contribution is -0.146. The predicted octanol–water partition coefficient (Wildman–Crippen LogP) is 4.56. The van der Waals surface area contributed by atoms with E-state index in [4.69, 9.17) is 0 Å². The number of nitrogens with zero attached hydrogens (tertiary/aromatic N) is 1. The number of aromatic nitrogens is 1. The summed E-state index contributed by atoms with van der Waals surface area (Å²) in [5, 5.41) is 4.47. The van der Waals surface area contributed by atoms with Gasteiger partial charge < -0.3 is 5.32 Å². The van der Waals surface area contributed by atoms with Crippen molar-refractivity contribution in [3.05, 3.63) is 29.3 Å². The molecule has 4 aliphatic carbocycles. The van der Waals surface area contributed by atoms with E-state index in [1.807, 2.05) is 6.07 Å². The number of para-hydroxylation sites is 1. The topological polar surface area (TPSA) is 42.0 Å². The van der Waals surface area contributed by atoms with Gasteiger partial charge in [0.15, 0.2) is 0 Å². The van der Waals surface area contributed by atoms with E-state index in [0.717, 1.165) is 61.9 Å². The zero-order valence-electron chi connectivity index (χ0n) is 14.7. The summed E-state index contributed by atoms with van der Waals surface area (Å²) in [6.07, 6.45) is 9.59. The molecular weight excluding hydrogens is 328 g/mol. The average molecular weight is 355 g/mol. The number of carbonyl (C=O) groups excluding carboxylic acids is 1. The van der Waals surface area contributed by atoms with Crippen molar-refractivity contribution >= 4 is 27.5 Å². The fourth-order valence-corrected chi connectivity index (χ4v) is 7.05. The maximum atomic E-state index is 12.9. The Labute approximate surface area is 153 Å². The van der Waals surface area contributed by atoms with E-state index in [9.17, 15) is 4.79 Å². The van der Waals surface area contributed by atoms with E-state index in [1.165, 1.54) is 29.0 Å². The van der Waals surface area contributed by atoms with Crippen LogP contribution in [0.15, 0.2) is 24.3 Å². The predicted molar refractivity (Wildman–Crippen MR) is 102 cm³/mol. The molecule has 4 bridgehead atoms. The lowest BCUT2D eigenvalue weighted by Gasteiger charge is -2.55. The first-order chi connectivity index (χ1) is 12.2. The van der Waals surface area contributed by atoms with E-state index >= 15 is 0 Å². The summed E-state index contributed by atoms with van der Waals surface area (Å²) < 4.78 is 1.26. The first-order valence-electron chi connectivity index (χ1n) is 9.83. The van der Waals surface area contributed by atoms with Gasteiger partial charge in [-0.25, -0.2) is 4.98 Å². The van der Waals surface area contributed by atoms with Crippen molar-refractivity contribution in [1.82, 2.24) is 10.3 Å². The third kappa shape index (κ3) is 2.88. The third-order valence-electron chi connectivity index (χ3n) is 6.71. The number of nitrogens with one attached hydrogen (secondary N) is 1. The van der Waals surface area contributed by atoms with Crippen molar-refractivity contribution in [1.29, 1.82) is 0 Å². The molecule has 0 saturated heterocycles. The van der Waals surface area contributed by atoms with E-state index in [1.54, 1.807) is 11.3 Å². The van der Waals surface area contributed by atoms with Crippen molar-refractivity contribution in [2.24, 2.45) is 23.2 Å². The summed E-state index contributed by atoms with van der Waals surface area (Å²) in [5.41, 5.74) is 1.09. The lowest BCUT2D eigenvalue weighted by atomic mass is 9.49. The van der Waals surface area contributed by atoms with Crippen molar-refractivity contribution in [3.8, 4) is 0 Å². The highest BCUT2D eigenvalue weighted by atomic mass is 32.1. The molecule has 4 aliphatic rings. The third-order valence-corrected chi connectivity index (χ3v) is 7.81. The minimum absolute atomic E-state index is 0.00931. The molecule has 0 atom stereocenters. The van der Waals surface area contributed by atoms with Gasteiger partial charge in [-0.2, -0.15) is 0 Å². The second-order valence-electron chi connectivity index (χ2n) is 8.63. The molecule has 0 unspecified atom stereocenters. The quantitative estimate of drug-likeness (QED) is 0.800. The van der Waals surface area contributed by atoms with Crippen LogP contribution >= 0.6 is 11.3 Å². The summed E-state index contributed by atoms with van der Waals surface area (Å²) >= 11 is 1.78. The lowest BCUT2D eigenvalue weighted by Crippen LogP contribution is -2.53. The fourth-order valence-electron chi connectivity index (χ4n) is 6.04. The molecular formula is C21H26N2OS. The number of carbonyl (C=O) groups is 1. The molecule has 1 aromatic carbocycles. The number of hydrogen-bond acceptors (Lipinski definition) is 3. The molecule has 132 valence electrons. The highest BCUT2D eigenvalue weighted by Gasteiger charge is 2.54. The molecule has 2 aromatic rings. The second-order valence-corrected chi connectivity index (χ2v) is 9.75. The Bertz CT molecular complexity index is 728. The first-order valence-corrected chi connectivity index (χ1v) is 10.6. The maximum absolute atomic E-state index is 12.9.